The topological polar surface area (TPSA) is 103 Å². The molecule has 0 atom stereocenters. The maximum atomic E-state index is 12.9. The summed E-state index contributed by atoms with van der Waals surface area (Å²) in [5.41, 5.74) is 5.81. The van der Waals surface area contributed by atoms with Crippen LogP contribution in [0, 0.1) is 11.8 Å². The van der Waals surface area contributed by atoms with E-state index in [0.29, 0.717) is 30.6 Å². The Balaban J connectivity index is 1.14. The Morgan fingerprint density at radius 2 is 1.76 bits per heavy atom. The number of benzene rings is 3. The number of H-pyrrole nitrogens is 2. The minimum Gasteiger partial charge on any atom is -0.445 e. The van der Waals surface area contributed by atoms with Crippen LogP contribution in [0.2, 0.25) is 0 Å². The third kappa shape index (κ3) is 6.64. The summed E-state index contributed by atoms with van der Waals surface area (Å²) in [7, 11) is 0. The maximum absolute atomic E-state index is 12.9. The van der Waals surface area contributed by atoms with Gasteiger partial charge in [-0.3, -0.25) is 4.79 Å². The number of carbonyl (C=O) groups is 2. The monoisotopic (exact) mass is 559 g/mol. The van der Waals surface area contributed by atoms with Crippen molar-refractivity contribution in [2.24, 2.45) is 0 Å². The number of nitrogens with zero attached hydrogens (tertiary/aromatic N) is 2. The molecule has 8 nitrogen and oxygen atoms in total. The van der Waals surface area contributed by atoms with Crippen LogP contribution in [0.3, 0.4) is 0 Å². The molecule has 1 aliphatic rings. The standard InChI is InChI=1S/C34H33N5O3/c1-2-3-17-39(34(41)42-22-25-7-5-4-6-8-25)21-32-37-29-16-12-24(19-30(29)38-32)10-9-23-11-15-28-26(18-23)20-31(36-28)33(40)35-27-13-14-27/h4-8,11-12,15-16,18-20,27,36H,2-3,13-14,17,21-22H2,1H3,(H,35,40)(H,37,38). The molecule has 3 aromatic carbocycles. The van der Waals surface area contributed by atoms with Gasteiger partial charge in [0.2, 0.25) is 0 Å². The van der Waals surface area contributed by atoms with Crippen LogP contribution in [-0.2, 0) is 17.9 Å². The molecule has 2 heterocycles. The van der Waals surface area contributed by atoms with Gasteiger partial charge in [-0.05, 0) is 67.3 Å². The van der Waals surface area contributed by atoms with Crippen molar-refractivity contribution >= 4 is 33.9 Å². The van der Waals surface area contributed by atoms with E-state index < -0.39 is 0 Å². The number of aromatic nitrogens is 3. The second-order valence-electron chi connectivity index (χ2n) is 10.7. The summed E-state index contributed by atoms with van der Waals surface area (Å²) >= 11 is 0. The lowest BCUT2D eigenvalue weighted by Crippen LogP contribution is -2.32. The van der Waals surface area contributed by atoms with Crippen LogP contribution in [0.25, 0.3) is 21.9 Å². The summed E-state index contributed by atoms with van der Waals surface area (Å²) in [6.07, 6.45) is 3.61. The Hall–Kier alpha value is -5.03. The Bertz CT molecular complexity index is 1790. The van der Waals surface area contributed by atoms with E-state index in [9.17, 15) is 9.59 Å². The third-order valence-electron chi connectivity index (χ3n) is 7.25. The Kier molecular flexibility index (Phi) is 7.91. The second kappa shape index (κ2) is 12.2. The first-order chi connectivity index (χ1) is 20.5. The number of fused-ring (bicyclic) bond motifs is 2. The van der Waals surface area contributed by atoms with E-state index in [1.165, 1.54) is 0 Å². The first-order valence-electron chi connectivity index (χ1n) is 14.4. The molecular formula is C34H33N5O3. The highest BCUT2D eigenvalue weighted by atomic mass is 16.6. The number of ether oxygens (including phenoxy) is 1. The lowest BCUT2D eigenvalue weighted by molar-refractivity contribution is 0.0921. The summed E-state index contributed by atoms with van der Waals surface area (Å²) in [4.78, 5) is 38.2. The summed E-state index contributed by atoms with van der Waals surface area (Å²) in [6.45, 7) is 3.26. The van der Waals surface area contributed by atoms with E-state index in [0.717, 1.165) is 64.3 Å². The number of nitrogens with one attached hydrogen (secondary N) is 3. The fourth-order valence-electron chi connectivity index (χ4n) is 4.76. The van der Waals surface area contributed by atoms with Crippen LogP contribution < -0.4 is 5.32 Å². The fourth-order valence-corrected chi connectivity index (χ4v) is 4.76. The molecule has 2 amide bonds. The Labute approximate surface area is 244 Å². The zero-order chi connectivity index (χ0) is 28.9. The van der Waals surface area contributed by atoms with Crippen LogP contribution >= 0.6 is 0 Å². The van der Waals surface area contributed by atoms with Crippen LogP contribution in [0.5, 0.6) is 0 Å². The van der Waals surface area contributed by atoms with Gasteiger partial charge >= 0.3 is 6.09 Å². The number of rotatable bonds is 9. The average molecular weight is 560 g/mol. The molecule has 1 saturated carbocycles. The van der Waals surface area contributed by atoms with Crippen molar-refractivity contribution in [3.05, 3.63) is 101 Å². The minimum absolute atomic E-state index is 0.0638. The molecule has 3 N–H and O–H groups in total. The van der Waals surface area contributed by atoms with Gasteiger partial charge in [-0.25, -0.2) is 9.78 Å². The van der Waals surface area contributed by atoms with Gasteiger partial charge in [-0.2, -0.15) is 0 Å². The van der Waals surface area contributed by atoms with E-state index >= 15 is 0 Å². The zero-order valence-corrected chi connectivity index (χ0v) is 23.6. The third-order valence-corrected chi connectivity index (χ3v) is 7.25. The second-order valence-corrected chi connectivity index (χ2v) is 10.7. The van der Waals surface area contributed by atoms with Crippen LogP contribution in [-0.4, -0.2) is 44.4 Å². The SMILES string of the molecule is CCCCN(Cc1nc2ccc(C#Cc3ccc4[nH]c(C(=O)NC5CC5)cc4c3)cc2[nH]1)C(=O)OCc1ccccc1. The predicted molar refractivity (Wildman–Crippen MR) is 163 cm³/mol. The highest BCUT2D eigenvalue weighted by molar-refractivity contribution is 5.98. The Morgan fingerprint density at radius 1 is 0.976 bits per heavy atom. The molecule has 1 aliphatic carbocycles. The summed E-state index contributed by atoms with van der Waals surface area (Å²) in [5, 5.41) is 3.96. The molecule has 212 valence electrons. The number of aromatic amines is 2. The molecule has 0 spiro atoms. The number of hydrogen-bond donors (Lipinski definition) is 3. The van der Waals surface area contributed by atoms with Crippen molar-refractivity contribution in [3.63, 3.8) is 0 Å². The maximum Gasteiger partial charge on any atom is 0.410 e. The highest BCUT2D eigenvalue weighted by Crippen LogP contribution is 2.21. The number of amides is 2. The lowest BCUT2D eigenvalue weighted by Gasteiger charge is -2.21. The quantitative estimate of drug-likeness (QED) is 0.185. The Morgan fingerprint density at radius 3 is 2.55 bits per heavy atom. The normalized spacial score (nSPS) is 12.6. The van der Waals surface area contributed by atoms with Gasteiger partial charge in [0.15, 0.2) is 0 Å². The van der Waals surface area contributed by atoms with Crippen molar-refractivity contribution in [1.29, 1.82) is 0 Å². The van der Waals surface area contributed by atoms with Crippen LogP contribution in [0.1, 0.15) is 65.6 Å². The number of unbranched alkanes of at least 4 members (excludes halogenated alkanes) is 1. The lowest BCUT2D eigenvalue weighted by atomic mass is 10.1. The van der Waals surface area contributed by atoms with Gasteiger partial charge < -0.3 is 24.9 Å². The van der Waals surface area contributed by atoms with Crippen molar-refractivity contribution in [2.45, 2.75) is 51.8 Å². The highest BCUT2D eigenvalue weighted by Gasteiger charge is 2.24. The molecule has 1 fully saturated rings. The van der Waals surface area contributed by atoms with E-state index in [1.807, 2.05) is 72.8 Å². The molecule has 2 aromatic heterocycles. The molecule has 6 rings (SSSR count). The van der Waals surface area contributed by atoms with Gasteiger partial charge in [0.1, 0.15) is 18.1 Å². The predicted octanol–water partition coefficient (Wildman–Crippen LogP) is 6.28. The molecule has 0 saturated heterocycles. The largest absolute Gasteiger partial charge is 0.445 e. The summed E-state index contributed by atoms with van der Waals surface area (Å²) in [6, 6.07) is 23.6. The smallest absolute Gasteiger partial charge is 0.410 e. The zero-order valence-electron chi connectivity index (χ0n) is 23.6. The van der Waals surface area contributed by atoms with Crippen molar-refractivity contribution in [3.8, 4) is 11.8 Å². The molecular weight excluding hydrogens is 526 g/mol. The van der Waals surface area contributed by atoms with E-state index in [-0.39, 0.29) is 18.6 Å². The van der Waals surface area contributed by atoms with Crippen molar-refractivity contribution < 1.29 is 14.3 Å². The van der Waals surface area contributed by atoms with Gasteiger partial charge in [0, 0.05) is 34.6 Å². The molecule has 0 aliphatic heterocycles. The van der Waals surface area contributed by atoms with Crippen LogP contribution in [0.4, 0.5) is 4.79 Å². The number of hydrogen-bond acceptors (Lipinski definition) is 4. The van der Waals surface area contributed by atoms with Gasteiger partial charge in [0.25, 0.3) is 5.91 Å². The van der Waals surface area contributed by atoms with Crippen LogP contribution in [0.15, 0.2) is 72.8 Å². The summed E-state index contributed by atoms with van der Waals surface area (Å²) in [5.74, 6) is 7.11. The molecule has 0 radical (unpaired) electrons. The number of imidazole rings is 1. The first kappa shape index (κ1) is 27.2. The molecule has 8 heteroatoms. The average Bonchev–Trinajstić information content (AvgIpc) is 3.56. The van der Waals surface area contributed by atoms with Gasteiger partial charge in [0.05, 0.1) is 17.6 Å². The van der Waals surface area contributed by atoms with Gasteiger partial charge in [-0.1, -0.05) is 55.5 Å². The van der Waals surface area contributed by atoms with Gasteiger partial charge in [-0.15, -0.1) is 0 Å². The van der Waals surface area contributed by atoms with E-state index in [1.54, 1.807) is 4.90 Å². The molecule has 0 unspecified atom stereocenters. The number of carbonyl (C=O) groups excluding carboxylic acids is 2. The fraction of sp³-hybridized carbons (Fsp3) is 0.265. The first-order valence-corrected chi connectivity index (χ1v) is 14.4. The van der Waals surface area contributed by atoms with Crippen molar-refractivity contribution in [1.82, 2.24) is 25.2 Å². The van der Waals surface area contributed by atoms with E-state index in [2.05, 4.69) is 34.0 Å². The van der Waals surface area contributed by atoms with Crippen molar-refractivity contribution in [2.75, 3.05) is 6.54 Å². The molecule has 42 heavy (non-hydrogen) atoms. The minimum atomic E-state index is -0.352. The summed E-state index contributed by atoms with van der Waals surface area (Å²) < 4.78 is 5.59. The molecule has 0 bridgehead atoms. The molecule has 5 aromatic rings. The van der Waals surface area contributed by atoms with E-state index in [4.69, 9.17) is 9.72 Å².